The molecule has 0 unspecified atom stereocenters. The summed E-state index contributed by atoms with van der Waals surface area (Å²) in [5.74, 6) is 0.814. The Hall–Kier alpha value is -0.610. The van der Waals surface area contributed by atoms with Crippen molar-refractivity contribution in [1.82, 2.24) is 4.90 Å². The lowest BCUT2D eigenvalue weighted by Crippen LogP contribution is -2.32. The van der Waals surface area contributed by atoms with E-state index in [1.165, 1.54) is 0 Å². The van der Waals surface area contributed by atoms with Gasteiger partial charge in [-0.2, -0.15) is 0 Å². The van der Waals surface area contributed by atoms with Crippen molar-refractivity contribution in [2.24, 2.45) is 11.7 Å². The van der Waals surface area contributed by atoms with E-state index in [0.717, 1.165) is 45.3 Å². The number of hydrogen-bond donors (Lipinski definition) is 1. The van der Waals surface area contributed by atoms with E-state index in [4.69, 9.17) is 10.5 Å². The smallest absolute Gasteiger partial charge is 0.222 e. The number of methoxy groups -OCH3 is 1. The molecular formula is C13H26N2O2. The number of rotatable bonds is 6. The van der Waals surface area contributed by atoms with E-state index in [0.29, 0.717) is 18.4 Å². The van der Waals surface area contributed by atoms with Crippen LogP contribution in [0.4, 0.5) is 0 Å². The topological polar surface area (TPSA) is 55.6 Å². The number of nitrogens with two attached hydrogens (primary N) is 1. The van der Waals surface area contributed by atoms with Gasteiger partial charge in [-0.25, -0.2) is 0 Å². The van der Waals surface area contributed by atoms with Crippen LogP contribution in [0.25, 0.3) is 0 Å². The van der Waals surface area contributed by atoms with E-state index in [9.17, 15) is 4.79 Å². The molecule has 0 aromatic carbocycles. The summed E-state index contributed by atoms with van der Waals surface area (Å²) in [5.41, 5.74) is 5.86. The van der Waals surface area contributed by atoms with Gasteiger partial charge < -0.3 is 15.4 Å². The van der Waals surface area contributed by atoms with Gasteiger partial charge in [-0.05, 0) is 38.0 Å². The van der Waals surface area contributed by atoms with E-state index in [1.54, 1.807) is 7.11 Å². The fraction of sp³-hybridized carbons (Fsp3) is 0.923. The molecule has 4 nitrogen and oxygen atoms in total. The normalized spacial score (nSPS) is 24.6. The first-order chi connectivity index (χ1) is 8.13. The number of ether oxygens (including phenoxy) is 1. The fourth-order valence-electron chi connectivity index (χ4n) is 2.37. The van der Waals surface area contributed by atoms with Crippen LogP contribution in [0.1, 0.15) is 38.5 Å². The molecule has 0 aliphatic heterocycles. The van der Waals surface area contributed by atoms with Crippen LogP contribution in [0.2, 0.25) is 0 Å². The highest BCUT2D eigenvalue weighted by Gasteiger charge is 2.22. The lowest BCUT2D eigenvalue weighted by atomic mass is 9.84. The zero-order chi connectivity index (χ0) is 12.7. The summed E-state index contributed by atoms with van der Waals surface area (Å²) in [4.78, 5) is 13.8. The molecule has 1 fully saturated rings. The molecule has 2 N–H and O–H groups in total. The standard InChI is InChI=1S/C13H26N2O2/c1-15(8-3-9-17-2)13(16)10-11-4-6-12(14)7-5-11/h11-12H,3-10,14H2,1-2H3. The van der Waals surface area contributed by atoms with E-state index in [-0.39, 0.29) is 5.91 Å². The summed E-state index contributed by atoms with van der Waals surface area (Å²) in [6.45, 7) is 1.51. The summed E-state index contributed by atoms with van der Waals surface area (Å²) in [7, 11) is 3.57. The van der Waals surface area contributed by atoms with Gasteiger partial charge in [0.2, 0.25) is 5.91 Å². The molecule has 1 aliphatic rings. The first-order valence-electron chi connectivity index (χ1n) is 6.62. The number of carbonyl (C=O) groups excluding carboxylic acids is 1. The van der Waals surface area contributed by atoms with Crippen molar-refractivity contribution in [1.29, 1.82) is 0 Å². The van der Waals surface area contributed by atoms with Gasteiger partial charge in [0, 0.05) is 39.8 Å². The summed E-state index contributed by atoms with van der Waals surface area (Å²) >= 11 is 0. The average molecular weight is 242 g/mol. The van der Waals surface area contributed by atoms with Gasteiger partial charge in [0.05, 0.1) is 0 Å². The molecule has 0 saturated heterocycles. The van der Waals surface area contributed by atoms with Gasteiger partial charge in [-0.1, -0.05) is 0 Å². The Balaban J connectivity index is 2.19. The van der Waals surface area contributed by atoms with Crippen LogP contribution in [0, 0.1) is 5.92 Å². The van der Waals surface area contributed by atoms with Gasteiger partial charge in [0.1, 0.15) is 0 Å². The van der Waals surface area contributed by atoms with Gasteiger partial charge in [0.25, 0.3) is 0 Å². The molecule has 0 aromatic heterocycles. The maximum atomic E-state index is 11.9. The van der Waals surface area contributed by atoms with Crippen molar-refractivity contribution in [3.05, 3.63) is 0 Å². The van der Waals surface area contributed by atoms with Crippen LogP contribution >= 0.6 is 0 Å². The molecule has 0 bridgehead atoms. The number of carbonyl (C=O) groups is 1. The number of amides is 1. The first kappa shape index (κ1) is 14.5. The Kier molecular flexibility index (Phi) is 6.52. The van der Waals surface area contributed by atoms with Crippen LogP contribution in [-0.2, 0) is 9.53 Å². The quantitative estimate of drug-likeness (QED) is 0.716. The molecule has 1 rings (SSSR count). The molecule has 0 radical (unpaired) electrons. The second kappa shape index (κ2) is 7.67. The molecule has 17 heavy (non-hydrogen) atoms. The van der Waals surface area contributed by atoms with Gasteiger partial charge >= 0.3 is 0 Å². The molecule has 1 saturated carbocycles. The zero-order valence-electron chi connectivity index (χ0n) is 11.2. The maximum absolute atomic E-state index is 11.9. The molecule has 0 aromatic rings. The van der Waals surface area contributed by atoms with Gasteiger partial charge in [-0.15, -0.1) is 0 Å². The second-order valence-electron chi connectivity index (χ2n) is 5.15. The molecular weight excluding hydrogens is 216 g/mol. The fourth-order valence-corrected chi connectivity index (χ4v) is 2.37. The van der Waals surface area contributed by atoms with Crippen molar-refractivity contribution < 1.29 is 9.53 Å². The Morgan fingerprint density at radius 2 is 2.00 bits per heavy atom. The monoisotopic (exact) mass is 242 g/mol. The largest absolute Gasteiger partial charge is 0.385 e. The van der Waals surface area contributed by atoms with Crippen molar-refractivity contribution >= 4 is 5.91 Å². The molecule has 100 valence electrons. The minimum absolute atomic E-state index is 0.265. The Labute approximate surface area is 104 Å². The minimum Gasteiger partial charge on any atom is -0.385 e. The molecule has 1 amide bonds. The third-order valence-electron chi connectivity index (χ3n) is 3.62. The summed E-state index contributed by atoms with van der Waals surface area (Å²) in [6, 6.07) is 0.362. The van der Waals surface area contributed by atoms with Crippen LogP contribution in [-0.4, -0.2) is 44.2 Å². The lowest BCUT2D eigenvalue weighted by Gasteiger charge is -2.27. The van der Waals surface area contributed by atoms with Crippen LogP contribution in [0.15, 0.2) is 0 Å². The van der Waals surface area contributed by atoms with E-state index < -0.39 is 0 Å². The highest BCUT2D eigenvalue weighted by atomic mass is 16.5. The van der Waals surface area contributed by atoms with E-state index >= 15 is 0 Å². The maximum Gasteiger partial charge on any atom is 0.222 e. The van der Waals surface area contributed by atoms with Crippen LogP contribution in [0.5, 0.6) is 0 Å². The molecule has 4 heteroatoms. The summed E-state index contributed by atoms with van der Waals surface area (Å²) in [5, 5.41) is 0. The molecule has 0 atom stereocenters. The number of hydrogen-bond acceptors (Lipinski definition) is 3. The van der Waals surface area contributed by atoms with Crippen molar-refractivity contribution in [3.63, 3.8) is 0 Å². The summed E-state index contributed by atoms with van der Waals surface area (Å²) in [6.07, 6.45) is 5.97. The van der Waals surface area contributed by atoms with Crippen LogP contribution in [0.3, 0.4) is 0 Å². The lowest BCUT2D eigenvalue weighted by molar-refractivity contribution is -0.131. The first-order valence-corrected chi connectivity index (χ1v) is 6.62. The van der Waals surface area contributed by atoms with Crippen molar-refractivity contribution in [3.8, 4) is 0 Å². The van der Waals surface area contributed by atoms with Crippen molar-refractivity contribution in [2.75, 3.05) is 27.3 Å². The highest BCUT2D eigenvalue weighted by Crippen LogP contribution is 2.26. The Morgan fingerprint density at radius 1 is 1.35 bits per heavy atom. The third-order valence-corrected chi connectivity index (χ3v) is 3.62. The summed E-state index contributed by atoms with van der Waals surface area (Å²) < 4.78 is 4.98. The van der Waals surface area contributed by atoms with Gasteiger partial charge in [0.15, 0.2) is 0 Å². The van der Waals surface area contributed by atoms with Gasteiger partial charge in [-0.3, -0.25) is 4.79 Å². The molecule has 1 aliphatic carbocycles. The van der Waals surface area contributed by atoms with Crippen LogP contribution < -0.4 is 5.73 Å². The molecule has 0 heterocycles. The Morgan fingerprint density at radius 3 is 2.59 bits per heavy atom. The molecule has 0 spiro atoms. The Bertz CT molecular complexity index is 225. The third kappa shape index (κ3) is 5.50. The van der Waals surface area contributed by atoms with E-state index in [1.807, 2.05) is 11.9 Å². The van der Waals surface area contributed by atoms with E-state index in [2.05, 4.69) is 0 Å². The number of nitrogens with zero attached hydrogens (tertiary/aromatic N) is 1. The minimum atomic E-state index is 0.265. The second-order valence-corrected chi connectivity index (χ2v) is 5.15. The highest BCUT2D eigenvalue weighted by molar-refractivity contribution is 5.76. The SMILES string of the molecule is COCCCN(C)C(=O)CC1CCC(N)CC1. The zero-order valence-corrected chi connectivity index (χ0v) is 11.2. The predicted molar refractivity (Wildman–Crippen MR) is 68.7 cm³/mol. The predicted octanol–water partition coefficient (Wildman–Crippen LogP) is 1.39. The van der Waals surface area contributed by atoms with Crippen molar-refractivity contribution in [2.45, 2.75) is 44.6 Å². The average Bonchev–Trinajstić information content (AvgIpc) is 2.32.